The molecule has 3 nitrogen and oxygen atoms in total. The highest BCUT2D eigenvalue weighted by Gasteiger charge is 2.22. The molecule has 0 amide bonds. The third-order valence-electron chi connectivity index (χ3n) is 3.22. The number of hydrogen-bond donors (Lipinski definition) is 0. The lowest BCUT2D eigenvalue weighted by Gasteiger charge is -2.21. The normalized spacial score (nSPS) is 16.7. The van der Waals surface area contributed by atoms with Crippen molar-refractivity contribution in [1.82, 2.24) is 4.90 Å². The lowest BCUT2D eigenvalue weighted by atomic mass is 9.87. The number of carbonyl (C=O) groups is 1. The molecule has 0 atom stereocenters. The number of benzene rings is 1. The number of Topliss-reactive ketones (excluding diaryl/α,β-unsaturated/α-hetero) is 1. The Bertz CT molecular complexity index is 501. The summed E-state index contributed by atoms with van der Waals surface area (Å²) >= 11 is 0. The molecule has 0 fully saturated rings. The Morgan fingerprint density at radius 2 is 1.83 bits per heavy atom. The van der Waals surface area contributed by atoms with Crippen LogP contribution in [0.5, 0.6) is 0 Å². The van der Waals surface area contributed by atoms with Gasteiger partial charge in [-0.15, -0.1) is 0 Å². The van der Waals surface area contributed by atoms with Crippen LogP contribution in [0.3, 0.4) is 0 Å². The number of hydrogen-bond acceptors (Lipinski definition) is 3. The van der Waals surface area contributed by atoms with Gasteiger partial charge in [0.15, 0.2) is 5.78 Å². The van der Waals surface area contributed by atoms with Crippen molar-refractivity contribution in [1.29, 1.82) is 0 Å². The quantitative estimate of drug-likeness (QED) is 0.746. The lowest BCUT2D eigenvalue weighted by molar-refractivity contribution is 0.102. The van der Waals surface area contributed by atoms with E-state index < -0.39 is 0 Å². The molecule has 3 heteroatoms. The molecule has 0 saturated heterocycles. The van der Waals surface area contributed by atoms with Crippen molar-refractivity contribution in [2.45, 2.75) is 12.8 Å². The van der Waals surface area contributed by atoms with Gasteiger partial charge in [0.05, 0.1) is 0 Å². The van der Waals surface area contributed by atoms with E-state index in [-0.39, 0.29) is 5.78 Å². The first-order chi connectivity index (χ1) is 8.49. The standard InChI is InChI=1S/C15H20N2O/c1-16(2)10-12-6-5-11-9-13(17(3)4)7-8-14(11)15(12)18/h7-10H,5-6H2,1-4H3/b12-10-. The highest BCUT2D eigenvalue weighted by Crippen LogP contribution is 2.28. The molecule has 0 radical (unpaired) electrons. The summed E-state index contributed by atoms with van der Waals surface area (Å²) in [6.07, 6.45) is 3.72. The molecule has 0 saturated carbocycles. The minimum absolute atomic E-state index is 0.176. The molecular weight excluding hydrogens is 224 g/mol. The van der Waals surface area contributed by atoms with Crippen LogP contribution in [0.4, 0.5) is 5.69 Å². The van der Waals surface area contributed by atoms with Crippen LogP contribution in [0.15, 0.2) is 30.0 Å². The maximum atomic E-state index is 12.3. The smallest absolute Gasteiger partial charge is 0.190 e. The van der Waals surface area contributed by atoms with Crippen LogP contribution in [0.2, 0.25) is 0 Å². The minimum atomic E-state index is 0.176. The van der Waals surface area contributed by atoms with Gasteiger partial charge in [-0.2, -0.15) is 0 Å². The van der Waals surface area contributed by atoms with Crippen molar-refractivity contribution in [3.8, 4) is 0 Å². The van der Waals surface area contributed by atoms with Crippen molar-refractivity contribution in [2.24, 2.45) is 0 Å². The van der Waals surface area contributed by atoms with E-state index in [0.29, 0.717) is 0 Å². The fourth-order valence-corrected chi connectivity index (χ4v) is 2.28. The number of carbonyl (C=O) groups excluding carboxylic acids is 1. The number of rotatable bonds is 2. The average molecular weight is 244 g/mol. The van der Waals surface area contributed by atoms with E-state index in [4.69, 9.17) is 0 Å². The SMILES string of the molecule is CN(C)/C=C1/CCc2cc(N(C)C)ccc2C1=O. The van der Waals surface area contributed by atoms with Crippen LogP contribution in [-0.4, -0.2) is 38.9 Å². The number of aryl methyl sites for hydroxylation is 1. The number of fused-ring (bicyclic) bond motifs is 1. The largest absolute Gasteiger partial charge is 0.383 e. The molecule has 0 heterocycles. The van der Waals surface area contributed by atoms with Gasteiger partial charge < -0.3 is 9.80 Å². The number of anilines is 1. The molecule has 96 valence electrons. The third-order valence-corrected chi connectivity index (χ3v) is 3.22. The highest BCUT2D eigenvalue weighted by atomic mass is 16.1. The average Bonchev–Trinajstić information content (AvgIpc) is 2.32. The van der Waals surface area contributed by atoms with Gasteiger partial charge >= 0.3 is 0 Å². The maximum Gasteiger partial charge on any atom is 0.190 e. The van der Waals surface area contributed by atoms with Crippen LogP contribution in [0.1, 0.15) is 22.3 Å². The topological polar surface area (TPSA) is 23.6 Å². The van der Waals surface area contributed by atoms with Gasteiger partial charge in [-0.05, 0) is 36.6 Å². The number of ketones is 1. The van der Waals surface area contributed by atoms with Gasteiger partial charge in [-0.25, -0.2) is 0 Å². The Morgan fingerprint density at radius 1 is 1.11 bits per heavy atom. The first-order valence-corrected chi connectivity index (χ1v) is 6.21. The molecule has 0 N–H and O–H groups in total. The molecule has 0 aromatic heterocycles. The third kappa shape index (κ3) is 2.40. The van der Waals surface area contributed by atoms with E-state index in [0.717, 1.165) is 29.7 Å². The summed E-state index contributed by atoms with van der Waals surface area (Å²) in [7, 11) is 7.93. The zero-order valence-electron chi connectivity index (χ0n) is 11.5. The van der Waals surface area contributed by atoms with Gasteiger partial charge in [0.1, 0.15) is 0 Å². The second-order valence-electron chi connectivity index (χ2n) is 5.18. The molecule has 0 spiro atoms. The number of nitrogens with zero attached hydrogens (tertiary/aromatic N) is 2. The van der Waals surface area contributed by atoms with Crippen molar-refractivity contribution < 1.29 is 4.79 Å². The monoisotopic (exact) mass is 244 g/mol. The molecule has 1 aromatic carbocycles. The van der Waals surface area contributed by atoms with Gasteiger partial charge in [0.25, 0.3) is 0 Å². The van der Waals surface area contributed by atoms with Crippen LogP contribution >= 0.6 is 0 Å². The molecule has 2 rings (SSSR count). The van der Waals surface area contributed by atoms with Crippen molar-refractivity contribution in [3.05, 3.63) is 41.1 Å². The maximum absolute atomic E-state index is 12.3. The van der Waals surface area contributed by atoms with Crippen LogP contribution < -0.4 is 4.90 Å². The van der Waals surface area contributed by atoms with E-state index >= 15 is 0 Å². The van der Waals surface area contributed by atoms with E-state index in [9.17, 15) is 4.79 Å². The Morgan fingerprint density at radius 3 is 2.44 bits per heavy atom. The second kappa shape index (κ2) is 4.84. The Balaban J connectivity index is 2.37. The summed E-state index contributed by atoms with van der Waals surface area (Å²) in [6, 6.07) is 6.09. The van der Waals surface area contributed by atoms with Crippen LogP contribution in [0, 0.1) is 0 Å². The van der Waals surface area contributed by atoms with Gasteiger partial charge in [0, 0.05) is 51.2 Å². The summed E-state index contributed by atoms with van der Waals surface area (Å²) in [6.45, 7) is 0. The summed E-state index contributed by atoms with van der Waals surface area (Å²) in [4.78, 5) is 16.3. The van der Waals surface area contributed by atoms with E-state index in [1.807, 2.05) is 51.4 Å². The lowest BCUT2D eigenvalue weighted by Crippen LogP contribution is -2.18. The van der Waals surface area contributed by atoms with Crippen LogP contribution in [-0.2, 0) is 6.42 Å². The summed E-state index contributed by atoms with van der Waals surface area (Å²) in [5.74, 6) is 0.176. The van der Waals surface area contributed by atoms with Crippen molar-refractivity contribution >= 4 is 11.5 Å². The molecule has 18 heavy (non-hydrogen) atoms. The van der Waals surface area contributed by atoms with Gasteiger partial charge in [-0.3, -0.25) is 4.79 Å². The van der Waals surface area contributed by atoms with Crippen molar-refractivity contribution in [2.75, 3.05) is 33.1 Å². The summed E-state index contributed by atoms with van der Waals surface area (Å²) in [5.41, 5.74) is 4.09. The van der Waals surface area contributed by atoms with Crippen LogP contribution in [0.25, 0.3) is 0 Å². The van der Waals surface area contributed by atoms with Gasteiger partial charge in [0.2, 0.25) is 0 Å². The van der Waals surface area contributed by atoms with E-state index in [1.54, 1.807) is 0 Å². The molecule has 1 aromatic rings. The van der Waals surface area contributed by atoms with Crippen molar-refractivity contribution in [3.63, 3.8) is 0 Å². The first kappa shape index (κ1) is 12.7. The zero-order valence-corrected chi connectivity index (χ0v) is 11.5. The predicted octanol–water partition coefficient (Wildman–Crippen LogP) is 2.33. The Kier molecular flexibility index (Phi) is 3.41. The van der Waals surface area contributed by atoms with Gasteiger partial charge in [-0.1, -0.05) is 0 Å². The highest BCUT2D eigenvalue weighted by molar-refractivity contribution is 6.10. The Hall–Kier alpha value is -1.77. The molecule has 1 aliphatic carbocycles. The van der Waals surface area contributed by atoms with E-state index in [2.05, 4.69) is 11.0 Å². The second-order valence-corrected chi connectivity index (χ2v) is 5.18. The Labute approximate surface area is 109 Å². The molecule has 1 aliphatic rings. The molecule has 0 aliphatic heterocycles. The fraction of sp³-hybridized carbons (Fsp3) is 0.400. The first-order valence-electron chi connectivity index (χ1n) is 6.21. The summed E-state index contributed by atoms with van der Waals surface area (Å²) in [5, 5.41) is 0. The fourth-order valence-electron chi connectivity index (χ4n) is 2.28. The molecule has 0 bridgehead atoms. The molecular formula is C15H20N2O. The number of allylic oxidation sites excluding steroid dienone is 1. The summed E-state index contributed by atoms with van der Waals surface area (Å²) < 4.78 is 0. The van der Waals surface area contributed by atoms with E-state index in [1.165, 1.54) is 5.56 Å². The predicted molar refractivity (Wildman–Crippen MR) is 75.2 cm³/mol. The molecule has 0 unspecified atom stereocenters. The zero-order chi connectivity index (χ0) is 13.3. The minimum Gasteiger partial charge on any atom is -0.383 e.